The van der Waals surface area contributed by atoms with Gasteiger partial charge in [-0.3, -0.25) is 4.79 Å². The van der Waals surface area contributed by atoms with Gasteiger partial charge in [0.25, 0.3) is 0 Å². The highest BCUT2D eigenvalue weighted by Gasteiger charge is 2.31. The second-order valence-corrected chi connectivity index (χ2v) is 6.17. The largest absolute Gasteiger partial charge is 0.342 e. The van der Waals surface area contributed by atoms with E-state index in [4.69, 9.17) is 5.73 Å². The zero-order valence-electron chi connectivity index (χ0n) is 11.7. The third-order valence-corrected chi connectivity index (χ3v) is 4.87. The number of rotatable bonds is 5. The lowest BCUT2D eigenvalue weighted by Crippen LogP contribution is -2.35. The van der Waals surface area contributed by atoms with Crippen LogP contribution in [0, 0.1) is 17.8 Å². The molecule has 1 heterocycles. The normalized spacial score (nSPS) is 26.8. The minimum atomic E-state index is 0.268. The summed E-state index contributed by atoms with van der Waals surface area (Å²) in [6.45, 7) is 4.72. The zero-order valence-corrected chi connectivity index (χ0v) is 11.7. The van der Waals surface area contributed by atoms with Gasteiger partial charge in [-0.1, -0.05) is 32.6 Å². The van der Waals surface area contributed by atoms with Gasteiger partial charge in [0, 0.05) is 19.0 Å². The Hall–Kier alpha value is -0.570. The van der Waals surface area contributed by atoms with E-state index in [9.17, 15) is 4.79 Å². The third kappa shape index (κ3) is 3.25. The van der Waals surface area contributed by atoms with E-state index in [0.29, 0.717) is 11.8 Å². The maximum atomic E-state index is 12.5. The van der Waals surface area contributed by atoms with Crippen LogP contribution in [0.15, 0.2) is 0 Å². The van der Waals surface area contributed by atoms with Crippen LogP contribution in [-0.2, 0) is 4.79 Å². The van der Waals surface area contributed by atoms with Crippen molar-refractivity contribution in [2.24, 2.45) is 23.5 Å². The average molecular weight is 252 g/mol. The van der Waals surface area contributed by atoms with Crippen molar-refractivity contribution in [2.45, 2.75) is 51.9 Å². The summed E-state index contributed by atoms with van der Waals surface area (Å²) in [6.07, 6.45) is 8.65. The van der Waals surface area contributed by atoms with Gasteiger partial charge >= 0.3 is 0 Å². The minimum absolute atomic E-state index is 0.268. The molecule has 2 atom stereocenters. The number of carbonyl (C=O) groups excluding carboxylic acids is 1. The summed E-state index contributed by atoms with van der Waals surface area (Å²) < 4.78 is 0. The number of likely N-dealkylation sites (tertiary alicyclic amines) is 1. The van der Waals surface area contributed by atoms with Crippen LogP contribution in [0.25, 0.3) is 0 Å². The quantitative estimate of drug-likeness (QED) is 0.816. The molecule has 0 aromatic rings. The Balaban J connectivity index is 1.85. The van der Waals surface area contributed by atoms with E-state index >= 15 is 0 Å². The van der Waals surface area contributed by atoms with E-state index in [1.54, 1.807) is 0 Å². The third-order valence-electron chi connectivity index (χ3n) is 4.87. The molecule has 2 rings (SSSR count). The summed E-state index contributed by atoms with van der Waals surface area (Å²) >= 11 is 0. The smallest absolute Gasteiger partial charge is 0.225 e. The predicted octanol–water partition coefficient (Wildman–Crippen LogP) is 2.40. The predicted molar refractivity (Wildman–Crippen MR) is 74.1 cm³/mol. The van der Waals surface area contributed by atoms with Crippen LogP contribution in [0.4, 0.5) is 0 Å². The standard InChI is InChI=1S/C15H28N2O/c1-2-14(9-12-5-3-4-6-12)15(18)17-8-7-13(10-16)11-17/h12-14H,2-11,16H2,1H3. The summed E-state index contributed by atoms with van der Waals surface area (Å²) in [5.41, 5.74) is 5.70. The molecule has 104 valence electrons. The van der Waals surface area contributed by atoms with E-state index in [-0.39, 0.29) is 5.92 Å². The highest BCUT2D eigenvalue weighted by molar-refractivity contribution is 5.79. The van der Waals surface area contributed by atoms with Crippen molar-refractivity contribution in [3.8, 4) is 0 Å². The molecule has 1 saturated carbocycles. The van der Waals surface area contributed by atoms with Gasteiger partial charge in [0.1, 0.15) is 0 Å². The van der Waals surface area contributed by atoms with E-state index in [2.05, 4.69) is 11.8 Å². The van der Waals surface area contributed by atoms with Crippen LogP contribution >= 0.6 is 0 Å². The topological polar surface area (TPSA) is 46.3 Å². The lowest BCUT2D eigenvalue weighted by Gasteiger charge is -2.24. The highest BCUT2D eigenvalue weighted by atomic mass is 16.2. The van der Waals surface area contributed by atoms with Crippen molar-refractivity contribution in [1.29, 1.82) is 0 Å². The zero-order chi connectivity index (χ0) is 13.0. The van der Waals surface area contributed by atoms with Crippen molar-refractivity contribution in [1.82, 2.24) is 4.90 Å². The maximum Gasteiger partial charge on any atom is 0.225 e. The maximum absolute atomic E-state index is 12.5. The fraction of sp³-hybridized carbons (Fsp3) is 0.933. The van der Waals surface area contributed by atoms with Gasteiger partial charge in [0.15, 0.2) is 0 Å². The van der Waals surface area contributed by atoms with E-state index in [1.165, 1.54) is 25.7 Å². The number of amides is 1. The van der Waals surface area contributed by atoms with Crippen LogP contribution in [0.5, 0.6) is 0 Å². The van der Waals surface area contributed by atoms with Crippen molar-refractivity contribution in [2.75, 3.05) is 19.6 Å². The summed E-state index contributed by atoms with van der Waals surface area (Å²) in [5, 5.41) is 0. The Bertz CT molecular complexity index is 274. The minimum Gasteiger partial charge on any atom is -0.342 e. The molecule has 3 nitrogen and oxygen atoms in total. The molecule has 3 heteroatoms. The molecule has 2 N–H and O–H groups in total. The Labute approximate surface area is 111 Å². The molecule has 1 aliphatic heterocycles. The molecule has 0 spiro atoms. The first-order chi connectivity index (χ1) is 8.74. The lowest BCUT2D eigenvalue weighted by molar-refractivity contribution is -0.135. The molecular formula is C15H28N2O. The number of carbonyl (C=O) groups is 1. The number of hydrogen-bond acceptors (Lipinski definition) is 2. The molecule has 2 aliphatic rings. The van der Waals surface area contributed by atoms with Gasteiger partial charge in [-0.2, -0.15) is 0 Å². The summed E-state index contributed by atoms with van der Waals surface area (Å²) in [6, 6.07) is 0. The summed E-state index contributed by atoms with van der Waals surface area (Å²) in [5.74, 6) is 2.02. The second kappa shape index (κ2) is 6.55. The van der Waals surface area contributed by atoms with Crippen molar-refractivity contribution >= 4 is 5.91 Å². The second-order valence-electron chi connectivity index (χ2n) is 6.17. The summed E-state index contributed by atoms with van der Waals surface area (Å²) in [7, 11) is 0. The first-order valence-electron chi connectivity index (χ1n) is 7.73. The Morgan fingerprint density at radius 1 is 1.28 bits per heavy atom. The highest BCUT2D eigenvalue weighted by Crippen LogP contribution is 2.32. The molecule has 1 saturated heterocycles. The van der Waals surface area contributed by atoms with E-state index < -0.39 is 0 Å². The van der Waals surface area contributed by atoms with Crippen LogP contribution in [0.1, 0.15) is 51.9 Å². The molecule has 2 fully saturated rings. The van der Waals surface area contributed by atoms with Crippen LogP contribution in [0.2, 0.25) is 0 Å². The first-order valence-corrected chi connectivity index (χ1v) is 7.73. The van der Waals surface area contributed by atoms with Gasteiger partial charge in [-0.05, 0) is 37.6 Å². The van der Waals surface area contributed by atoms with E-state index in [0.717, 1.165) is 44.8 Å². The first kappa shape index (κ1) is 13.9. The molecule has 2 unspecified atom stereocenters. The van der Waals surface area contributed by atoms with Gasteiger partial charge in [-0.15, -0.1) is 0 Å². The lowest BCUT2D eigenvalue weighted by atomic mass is 9.90. The molecule has 0 radical (unpaired) electrons. The Morgan fingerprint density at radius 3 is 2.56 bits per heavy atom. The molecule has 0 bridgehead atoms. The molecule has 1 amide bonds. The Morgan fingerprint density at radius 2 is 2.00 bits per heavy atom. The average Bonchev–Trinajstić information content (AvgIpc) is 3.06. The SMILES string of the molecule is CCC(CC1CCCC1)C(=O)N1CCC(CN)C1. The number of hydrogen-bond donors (Lipinski definition) is 1. The number of nitrogens with two attached hydrogens (primary N) is 1. The summed E-state index contributed by atoms with van der Waals surface area (Å²) in [4.78, 5) is 14.6. The van der Waals surface area contributed by atoms with Crippen molar-refractivity contribution < 1.29 is 4.79 Å². The van der Waals surface area contributed by atoms with Gasteiger partial charge in [0.2, 0.25) is 5.91 Å². The fourth-order valence-corrected chi connectivity index (χ4v) is 3.57. The molecule has 1 aliphatic carbocycles. The van der Waals surface area contributed by atoms with Crippen LogP contribution < -0.4 is 5.73 Å². The van der Waals surface area contributed by atoms with Crippen LogP contribution in [0.3, 0.4) is 0 Å². The molecule has 0 aromatic heterocycles. The van der Waals surface area contributed by atoms with Crippen molar-refractivity contribution in [3.05, 3.63) is 0 Å². The van der Waals surface area contributed by atoms with Crippen molar-refractivity contribution in [3.63, 3.8) is 0 Å². The van der Waals surface area contributed by atoms with Gasteiger partial charge in [-0.25, -0.2) is 0 Å². The number of nitrogens with zero attached hydrogens (tertiary/aromatic N) is 1. The van der Waals surface area contributed by atoms with E-state index in [1.807, 2.05) is 0 Å². The molecule has 0 aromatic carbocycles. The monoisotopic (exact) mass is 252 g/mol. The fourth-order valence-electron chi connectivity index (χ4n) is 3.57. The van der Waals surface area contributed by atoms with Gasteiger partial charge < -0.3 is 10.6 Å². The van der Waals surface area contributed by atoms with Crippen LogP contribution in [-0.4, -0.2) is 30.4 Å². The molecule has 18 heavy (non-hydrogen) atoms. The molecular weight excluding hydrogens is 224 g/mol. The Kier molecular flexibility index (Phi) is 5.04. The van der Waals surface area contributed by atoms with Gasteiger partial charge in [0.05, 0.1) is 0 Å².